The van der Waals surface area contributed by atoms with Crippen LogP contribution >= 0.6 is 23.1 Å². The molecule has 0 radical (unpaired) electrons. The Labute approximate surface area is 181 Å². The number of rotatable bonds is 6. The molecule has 0 aliphatic heterocycles. The molecule has 0 aliphatic rings. The fraction of sp³-hybridized carbons (Fsp3) is 0.300. The van der Waals surface area contributed by atoms with Crippen molar-refractivity contribution in [2.45, 2.75) is 25.9 Å². The second-order valence-electron chi connectivity index (χ2n) is 6.66. The molecule has 2 N–H and O–H groups in total. The lowest BCUT2D eigenvalue weighted by Crippen LogP contribution is -2.21. The van der Waals surface area contributed by atoms with Crippen LogP contribution in [-0.4, -0.2) is 34.2 Å². The van der Waals surface area contributed by atoms with Crippen LogP contribution in [0.2, 0.25) is 0 Å². The van der Waals surface area contributed by atoms with E-state index >= 15 is 0 Å². The monoisotopic (exact) mass is 446 g/mol. The minimum atomic E-state index is -0.286. The molecule has 30 heavy (non-hydrogen) atoms. The molecule has 0 aliphatic carbocycles. The van der Waals surface area contributed by atoms with Gasteiger partial charge in [-0.2, -0.15) is 0 Å². The van der Waals surface area contributed by atoms with Crippen LogP contribution in [0, 0.1) is 13.8 Å². The quantitative estimate of drug-likeness (QED) is 0.445. The van der Waals surface area contributed by atoms with Gasteiger partial charge in [0.25, 0.3) is 5.56 Å². The second kappa shape index (κ2) is 8.88. The predicted octanol–water partition coefficient (Wildman–Crippen LogP) is 3.31. The van der Waals surface area contributed by atoms with Crippen LogP contribution in [0.25, 0.3) is 10.2 Å². The molecule has 0 unspecified atom stereocenters. The SMILES string of the molecule is COc1ccc(NC(C)=O)cc1NC(=O)CSc1nc2sc(C)c(C)c2c(=O)n1C. The van der Waals surface area contributed by atoms with E-state index in [9.17, 15) is 14.4 Å². The van der Waals surface area contributed by atoms with Crippen LogP contribution in [0.4, 0.5) is 11.4 Å². The van der Waals surface area contributed by atoms with Crippen molar-refractivity contribution in [1.82, 2.24) is 9.55 Å². The number of aryl methyl sites for hydroxylation is 2. The van der Waals surface area contributed by atoms with E-state index in [1.54, 1.807) is 25.2 Å². The Bertz CT molecular complexity index is 1200. The maximum Gasteiger partial charge on any atom is 0.262 e. The first-order chi connectivity index (χ1) is 14.2. The average Bonchev–Trinajstić information content (AvgIpc) is 2.97. The van der Waals surface area contributed by atoms with Crippen LogP contribution in [-0.2, 0) is 16.6 Å². The molecule has 0 fully saturated rings. The summed E-state index contributed by atoms with van der Waals surface area (Å²) in [5.74, 6) is 0.0300. The highest BCUT2D eigenvalue weighted by Crippen LogP contribution is 2.30. The summed E-state index contributed by atoms with van der Waals surface area (Å²) in [6, 6.07) is 4.97. The lowest BCUT2D eigenvalue weighted by Gasteiger charge is -2.12. The Kier molecular flexibility index (Phi) is 6.47. The van der Waals surface area contributed by atoms with Crippen molar-refractivity contribution in [3.05, 3.63) is 39.0 Å². The minimum absolute atomic E-state index is 0.0582. The van der Waals surface area contributed by atoms with Crippen LogP contribution < -0.4 is 20.9 Å². The highest BCUT2D eigenvalue weighted by atomic mass is 32.2. The number of methoxy groups -OCH3 is 1. The van der Waals surface area contributed by atoms with E-state index in [4.69, 9.17) is 4.74 Å². The molecule has 0 saturated heterocycles. The van der Waals surface area contributed by atoms with E-state index < -0.39 is 0 Å². The first-order valence-corrected chi connectivity index (χ1v) is 10.9. The number of amides is 2. The summed E-state index contributed by atoms with van der Waals surface area (Å²) in [7, 11) is 3.15. The van der Waals surface area contributed by atoms with Gasteiger partial charge in [0.1, 0.15) is 10.6 Å². The number of aromatic nitrogens is 2. The number of thiophene rings is 1. The average molecular weight is 447 g/mol. The Morgan fingerprint density at radius 3 is 2.67 bits per heavy atom. The molecule has 8 nitrogen and oxygen atoms in total. The smallest absolute Gasteiger partial charge is 0.262 e. The number of hydrogen-bond acceptors (Lipinski definition) is 7. The molecule has 0 spiro atoms. The van der Waals surface area contributed by atoms with E-state index in [-0.39, 0.29) is 23.1 Å². The normalized spacial score (nSPS) is 10.8. The van der Waals surface area contributed by atoms with Crippen molar-refractivity contribution in [2.24, 2.45) is 7.05 Å². The third-order valence-electron chi connectivity index (χ3n) is 4.50. The summed E-state index contributed by atoms with van der Waals surface area (Å²) < 4.78 is 6.74. The van der Waals surface area contributed by atoms with Crippen molar-refractivity contribution < 1.29 is 14.3 Å². The van der Waals surface area contributed by atoms with Crippen molar-refractivity contribution in [2.75, 3.05) is 23.5 Å². The Balaban J connectivity index is 1.77. The molecule has 158 valence electrons. The van der Waals surface area contributed by atoms with Crippen molar-refractivity contribution >= 4 is 56.5 Å². The molecule has 0 saturated carbocycles. The molecular formula is C20H22N4O4S2. The maximum atomic E-state index is 12.7. The lowest BCUT2D eigenvalue weighted by atomic mass is 10.2. The van der Waals surface area contributed by atoms with Crippen molar-refractivity contribution in [3.63, 3.8) is 0 Å². The van der Waals surface area contributed by atoms with Crippen LogP contribution in [0.15, 0.2) is 28.2 Å². The molecule has 10 heteroatoms. The zero-order valence-electron chi connectivity index (χ0n) is 17.3. The molecule has 0 atom stereocenters. The minimum Gasteiger partial charge on any atom is -0.495 e. The van der Waals surface area contributed by atoms with Crippen LogP contribution in [0.3, 0.4) is 0 Å². The molecule has 2 heterocycles. The second-order valence-corrected chi connectivity index (χ2v) is 8.80. The number of carbonyl (C=O) groups excluding carboxylic acids is 2. The van der Waals surface area contributed by atoms with Crippen LogP contribution in [0.1, 0.15) is 17.4 Å². The zero-order valence-corrected chi connectivity index (χ0v) is 18.9. The number of anilines is 2. The van der Waals surface area contributed by atoms with E-state index in [1.165, 1.54) is 41.7 Å². The largest absolute Gasteiger partial charge is 0.495 e. The number of hydrogen-bond donors (Lipinski definition) is 2. The van der Waals surface area contributed by atoms with Gasteiger partial charge in [-0.05, 0) is 37.6 Å². The molecule has 3 rings (SSSR count). The number of ether oxygens (including phenoxy) is 1. The highest BCUT2D eigenvalue weighted by Gasteiger charge is 2.16. The number of nitrogens with zero attached hydrogens (tertiary/aromatic N) is 2. The van der Waals surface area contributed by atoms with Gasteiger partial charge in [-0.3, -0.25) is 19.0 Å². The highest BCUT2D eigenvalue weighted by molar-refractivity contribution is 7.99. The van der Waals surface area contributed by atoms with Crippen molar-refractivity contribution in [3.8, 4) is 5.75 Å². The third-order valence-corrected chi connectivity index (χ3v) is 6.63. The lowest BCUT2D eigenvalue weighted by molar-refractivity contribution is -0.114. The van der Waals surface area contributed by atoms with E-state index in [1.807, 2.05) is 13.8 Å². The van der Waals surface area contributed by atoms with Gasteiger partial charge in [0, 0.05) is 24.5 Å². The van der Waals surface area contributed by atoms with Gasteiger partial charge in [-0.25, -0.2) is 4.98 Å². The molecule has 0 bridgehead atoms. The van der Waals surface area contributed by atoms with Gasteiger partial charge in [0.2, 0.25) is 11.8 Å². The molecular weight excluding hydrogens is 424 g/mol. The summed E-state index contributed by atoms with van der Waals surface area (Å²) in [6.45, 7) is 5.29. The van der Waals surface area contributed by atoms with E-state index in [0.29, 0.717) is 32.5 Å². The molecule has 1 aromatic carbocycles. The number of nitrogens with one attached hydrogen (secondary N) is 2. The van der Waals surface area contributed by atoms with Gasteiger partial charge in [-0.1, -0.05) is 11.8 Å². The summed E-state index contributed by atoms with van der Waals surface area (Å²) in [6.07, 6.45) is 0. The first kappa shape index (κ1) is 21.8. The maximum absolute atomic E-state index is 12.7. The Morgan fingerprint density at radius 2 is 2.00 bits per heavy atom. The van der Waals surface area contributed by atoms with Crippen molar-refractivity contribution in [1.29, 1.82) is 0 Å². The van der Waals surface area contributed by atoms with Gasteiger partial charge in [0.05, 0.1) is 23.9 Å². The number of benzene rings is 1. The summed E-state index contributed by atoms with van der Waals surface area (Å²) in [5, 5.41) is 6.56. The van der Waals surface area contributed by atoms with E-state index in [0.717, 1.165) is 10.4 Å². The van der Waals surface area contributed by atoms with Gasteiger partial charge >= 0.3 is 0 Å². The number of thioether (sulfide) groups is 1. The summed E-state index contributed by atoms with van der Waals surface area (Å²) >= 11 is 2.66. The van der Waals surface area contributed by atoms with Gasteiger partial charge in [0.15, 0.2) is 5.16 Å². The molecule has 3 aromatic rings. The Morgan fingerprint density at radius 1 is 1.27 bits per heavy atom. The third kappa shape index (κ3) is 4.49. The predicted molar refractivity (Wildman–Crippen MR) is 121 cm³/mol. The number of fused-ring (bicyclic) bond motifs is 1. The zero-order chi connectivity index (χ0) is 22.0. The van der Waals surface area contributed by atoms with Gasteiger partial charge < -0.3 is 15.4 Å². The standard InChI is InChI=1S/C20H22N4O4S2/c1-10-11(2)30-18-17(10)19(27)24(4)20(23-18)29-9-16(26)22-14-8-13(21-12(3)25)6-7-15(14)28-5/h6-8H,9H2,1-5H3,(H,21,25)(H,22,26). The fourth-order valence-electron chi connectivity index (χ4n) is 2.89. The first-order valence-electron chi connectivity index (χ1n) is 9.06. The summed E-state index contributed by atoms with van der Waals surface area (Å²) in [4.78, 5) is 42.8. The summed E-state index contributed by atoms with van der Waals surface area (Å²) in [5.41, 5.74) is 1.82. The molecule has 2 amide bonds. The fourth-order valence-corrected chi connectivity index (χ4v) is 4.73. The van der Waals surface area contributed by atoms with Crippen LogP contribution in [0.5, 0.6) is 5.75 Å². The number of carbonyl (C=O) groups is 2. The molecule has 2 aromatic heterocycles. The van der Waals surface area contributed by atoms with Gasteiger partial charge in [-0.15, -0.1) is 11.3 Å². The topological polar surface area (TPSA) is 102 Å². The Hall–Kier alpha value is -2.85. The van der Waals surface area contributed by atoms with E-state index in [2.05, 4.69) is 15.6 Å².